The van der Waals surface area contributed by atoms with E-state index >= 15 is 0 Å². The molecule has 0 saturated carbocycles. The quantitative estimate of drug-likeness (QED) is 0.566. The highest BCUT2D eigenvalue weighted by molar-refractivity contribution is 8.00. The summed E-state index contributed by atoms with van der Waals surface area (Å²) in [4.78, 5) is 14.2. The molecule has 2 heterocycles. The van der Waals surface area contributed by atoms with Crippen molar-refractivity contribution in [3.63, 3.8) is 0 Å². The molecule has 2 aromatic rings. The number of aromatic nitrogens is 3. The van der Waals surface area contributed by atoms with E-state index in [1.807, 2.05) is 23.6 Å². The fourth-order valence-electron chi connectivity index (χ4n) is 2.69. The summed E-state index contributed by atoms with van der Waals surface area (Å²) in [7, 11) is 0. The molecule has 1 aliphatic rings. The molecular formula is C18H24N4O3S. The van der Waals surface area contributed by atoms with Gasteiger partial charge in [0.25, 0.3) is 0 Å². The van der Waals surface area contributed by atoms with Crippen LogP contribution in [0.1, 0.15) is 19.4 Å². The zero-order valence-electron chi connectivity index (χ0n) is 15.3. The van der Waals surface area contributed by atoms with Crippen LogP contribution in [-0.2, 0) is 14.3 Å². The molecule has 1 aromatic carbocycles. The van der Waals surface area contributed by atoms with E-state index in [1.54, 1.807) is 6.92 Å². The van der Waals surface area contributed by atoms with Gasteiger partial charge in [-0.3, -0.25) is 9.36 Å². The summed E-state index contributed by atoms with van der Waals surface area (Å²) in [5.74, 6) is 0.527. The molecule has 0 spiro atoms. The van der Waals surface area contributed by atoms with Crippen LogP contribution in [0.5, 0.6) is 0 Å². The van der Waals surface area contributed by atoms with E-state index < -0.39 is 0 Å². The first kappa shape index (κ1) is 18.7. The van der Waals surface area contributed by atoms with Crippen molar-refractivity contribution >= 4 is 23.7 Å². The molecule has 0 aliphatic carbocycles. The molecule has 0 amide bonds. The Kier molecular flexibility index (Phi) is 6.16. The summed E-state index contributed by atoms with van der Waals surface area (Å²) in [6, 6.07) is 8.20. The molecule has 1 fully saturated rings. The van der Waals surface area contributed by atoms with Crippen molar-refractivity contribution in [1.82, 2.24) is 14.8 Å². The van der Waals surface area contributed by atoms with Crippen molar-refractivity contribution in [2.75, 3.05) is 37.8 Å². The van der Waals surface area contributed by atoms with E-state index in [4.69, 9.17) is 9.47 Å². The second-order valence-electron chi connectivity index (χ2n) is 6.07. The Balaban J connectivity index is 1.94. The van der Waals surface area contributed by atoms with Gasteiger partial charge in [-0.2, -0.15) is 0 Å². The van der Waals surface area contributed by atoms with Crippen molar-refractivity contribution in [2.24, 2.45) is 0 Å². The van der Waals surface area contributed by atoms with Crippen LogP contribution in [0.3, 0.4) is 0 Å². The van der Waals surface area contributed by atoms with Crippen molar-refractivity contribution in [3.05, 3.63) is 29.8 Å². The summed E-state index contributed by atoms with van der Waals surface area (Å²) in [5, 5.41) is 9.08. The van der Waals surface area contributed by atoms with Gasteiger partial charge in [0, 0.05) is 13.1 Å². The van der Waals surface area contributed by atoms with Gasteiger partial charge in [0.1, 0.15) is 5.25 Å². The molecule has 0 radical (unpaired) electrons. The third kappa shape index (κ3) is 4.19. The smallest absolute Gasteiger partial charge is 0.319 e. The second-order valence-corrected chi connectivity index (χ2v) is 7.37. The van der Waals surface area contributed by atoms with Crippen molar-refractivity contribution in [1.29, 1.82) is 0 Å². The lowest BCUT2D eigenvalue weighted by molar-refractivity contribution is -0.142. The molecule has 8 heteroatoms. The molecule has 7 nitrogen and oxygen atoms in total. The van der Waals surface area contributed by atoms with Crippen LogP contribution in [0.15, 0.2) is 29.4 Å². The van der Waals surface area contributed by atoms with Gasteiger partial charge in [0.2, 0.25) is 5.95 Å². The average molecular weight is 376 g/mol. The number of ether oxygens (including phenoxy) is 2. The average Bonchev–Trinajstić information content (AvgIpc) is 3.07. The first-order valence-electron chi connectivity index (χ1n) is 8.78. The maximum atomic E-state index is 12.0. The Morgan fingerprint density at radius 2 is 1.96 bits per heavy atom. The Morgan fingerprint density at radius 1 is 1.27 bits per heavy atom. The largest absolute Gasteiger partial charge is 0.465 e. The zero-order valence-corrected chi connectivity index (χ0v) is 16.2. The molecule has 140 valence electrons. The molecule has 3 rings (SSSR count). The molecule has 26 heavy (non-hydrogen) atoms. The Hall–Kier alpha value is -2.06. The molecule has 1 unspecified atom stereocenters. The zero-order chi connectivity index (χ0) is 18.5. The minimum Gasteiger partial charge on any atom is -0.465 e. The maximum Gasteiger partial charge on any atom is 0.319 e. The van der Waals surface area contributed by atoms with Crippen LogP contribution in [0.25, 0.3) is 5.69 Å². The van der Waals surface area contributed by atoms with Crippen LogP contribution in [0.2, 0.25) is 0 Å². The van der Waals surface area contributed by atoms with Gasteiger partial charge >= 0.3 is 5.97 Å². The molecule has 1 saturated heterocycles. The normalized spacial score (nSPS) is 15.7. The molecule has 1 aliphatic heterocycles. The number of aryl methyl sites for hydroxylation is 1. The van der Waals surface area contributed by atoms with Crippen molar-refractivity contribution in [3.8, 4) is 5.69 Å². The number of carbonyl (C=O) groups is 1. The van der Waals surface area contributed by atoms with E-state index in [-0.39, 0.29) is 11.2 Å². The van der Waals surface area contributed by atoms with Crippen LogP contribution in [0, 0.1) is 6.92 Å². The summed E-state index contributed by atoms with van der Waals surface area (Å²) in [5.41, 5.74) is 2.16. The fraction of sp³-hybridized carbons (Fsp3) is 0.500. The molecule has 0 bridgehead atoms. The number of morpholine rings is 1. The topological polar surface area (TPSA) is 69.5 Å². The Morgan fingerprint density at radius 3 is 2.62 bits per heavy atom. The fourth-order valence-corrected chi connectivity index (χ4v) is 3.55. The lowest BCUT2D eigenvalue weighted by atomic mass is 10.2. The maximum absolute atomic E-state index is 12.0. The van der Waals surface area contributed by atoms with Crippen LogP contribution in [0.4, 0.5) is 5.95 Å². The number of carbonyl (C=O) groups excluding carboxylic acids is 1. The van der Waals surface area contributed by atoms with Crippen LogP contribution in [-0.4, -0.2) is 58.9 Å². The first-order valence-corrected chi connectivity index (χ1v) is 9.66. The lowest BCUT2D eigenvalue weighted by Gasteiger charge is -2.28. The van der Waals surface area contributed by atoms with Gasteiger partial charge in [-0.25, -0.2) is 0 Å². The molecule has 0 N–H and O–H groups in total. The first-order chi connectivity index (χ1) is 12.6. The molecular weight excluding hydrogens is 352 g/mol. The highest BCUT2D eigenvalue weighted by atomic mass is 32.2. The standard InChI is InChI=1S/C18H24N4O3S/c1-4-25-16(23)14(3)26-18-20-19-17(21-9-11-24-12-10-21)22(18)15-7-5-13(2)6-8-15/h5-8,14H,4,9-12H2,1-3H3. The number of hydrogen-bond acceptors (Lipinski definition) is 7. The van der Waals surface area contributed by atoms with E-state index in [0.29, 0.717) is 25.0 Å². The molecule has 1 atom stereocenters. The summed E-state index contributed by atoms with van der Waals surface area (Å²) >= 11 is 1.36. The second kappa shape index (κ2) is 8.55. The van der Waals surface area contributed by atoms with E-state index in [0.717, 1.165) is 24.7 Å². The highest BCUT2D eigenvalue weighted by Crippen LogP contribution is 2.30. The third-order valence-electron chi connectivity index (χ3n) is 4.10. The van der Waals surface area contributed by atoms with E-state index in [9.17, 15) is 4.79 Å². The van der Waals surface area contributed by atoms with Gasteiger partial charge in [-0.1, -0.05) is 29.5 Å². The summed E-state index contributed by atoms with van der Waals surface area (Å²) < 4.78 is 12.6. The van der Waals surface area contributed by atoms with Gasteiger partial charge in [-0.15, -0.1) is 10.2 Å². The summed E-state index contributed by atoms with van der Waals surface area (Å²) in [6.07, 6.45) is 0. The number of thioether (sulfide) groups is 1. The Labute approximate surface area is 157 Å². The number of rotatable bonds is 6. The van der Waals surface area contributed by atoms with Crippen LogP contribution < -0.4 is 4.90 Å². The van der Waals surface area contributed by atoms with Gasteiger partial charge in [0.15, 0.2) is 5.16 Å². The summed E-state index contributed by atoms with van der Waals surface area (Å²) in [6.45, 7) is 8.92. The molecule has 1 aromatic heterocycles. The predicted octanol–water partition coefficient (Wildman–Crippen LogP) is 2.46. The predicted molar refractivity (Wildman–Crippen MR) is 101 cm³/mol. The van der Waals surface area contributed by atoms with E-state index in [2.05, 4.69) is 34.2 Å². The Bertz CT molecular complexity index is 741. The van der Waals surface area contributed by atoms with E-state index in [1.165, 1.54) is 17.3 Å². The highest BCUT2D eigenvalue weighted by Gasteiger charge is 2.25. The SMILES string of the molecule is CCOC(=O)C(C)Sc1nnc(N2CCOCC2)n1-c1ccc(C)cc1. The lowest BCUT2D eigenvalue weighted by Crippen LogP contribution is -2.37. The minimum absolute atomic E-state index is 0.246. The van der Waals surface area contributed by atoms with Crippen LogP contribution >= 0.6 is 11.8 Å². The minimum atomic E-state index is -0.360. The monoisotopic (exact) mass is 376 g/mol. The number of benzene rings is 1. The van der Waals surface area contributed by atoms with Crippen molar-refractivity contribution in [2.45, 2.75) is 31.2 Å². The van der Waals surface area contributed by atoms with Crippen molar-refractivity contribution < 1.29 is 14.3 Å². The number of anilines is 1. The number of nitrogens with zero attached hydrogens (tertiary/aromatic N) is 4. The third-order valence-corrected chi connectivity index (χ3v) is 5.12. The van der Waals surface area contributed by atoms with Gasteiger partial charge < -0.3 is 14.4 Å². The number of hydrogen-bond donors (Lipinski definition) is 0. The van der Waals surface area contributed by atoms with Gasteiger partial charge in [-0.05, 0) is 32.9 Å². The number of esters is 1. The van der Waals surface area contributed by atoms with Gasteiger partial charge in [0.05, 0.1) is 25.5 Å².